The fourth-order valence-electron chi connectivity index (χ4n) is 1.99. The van der Waals surface area contributed by atoms with Crippen LogP contribution in [0.1, 0.15) is 0 Å². The summed E-state index contributed by atoms with van der Waals surface area (Å²) in [5.41, 5.74) is 1.69. The molecule has 0 aliphatic carbocycles. The first-order chi connectivity index (χ1) is 12.2. The van der Waals surface area contributed by atoms with E-state index in [2.05, 4.69) is 20.9 Å². The smallest absolute Gasteiger partial charge is 0.233 e. The maximum Gasteiger partial charge on any atom is 0.233 e. The molecule has 2 rings (SSSR count). The molecule has 0 spiro atoms. The van der Waals surface area contributed by atoms with Gasteiger partial charge >= 0.3 is 0 Å². The van der Waals surface area contributed by atoms with Gasteiger partial charge in [-0.05, 0) is 33.6 Å². The van der Waals surface area contributed by atoms with Crippen molar-refractivity contribution >= 4 is 15.9 Å². The molecule has 0 saturated heterocycles. The quantitative estimate of drug-likeness (QED) is 0.552. The zero-order valence-electron chi connectivity index (χ0n) is 14.3. The number of benzene rings is 1. The van der Waals surface area contributed by atoms with E-state index in [4.69, 9.17) is 28.4 Å². The van der Waals surface area contributed by atoms with Gasteiger partial charge in [-0.25, -0.2) is 4.98 Å². The summed E-state index contributed by atoms with van der Waals surface area (Å²) in [6.07, 6.45) is 1.67. The molecule has 8 heteroatoms. The largest absolute Gasteiger partial charge is 0.468 e. The number of rotatable bonds is 10. The SMILES string of the molecule is COCOc1ccc(-c2cnc(OCOC)c(Br)c2OCOC)cc1. The molecule has 25 heavy (non-hydrogen) atoms. The Morgan fingerprint density at radius 1 is 0.840 bits per heavy atom. The van der Waals surface area contributed by atoms with Gasteiger partial charge in [-0.15, -0.1) is 0 Å². The molecule has 0 amide bonds. The van der Waals surface area contributed by atoms with Crippen molar-refractivity contribution in [2.75, 3.05) is 41.7 Å². The Morgan fingerprint density at radius 2 is 1.44 bits per heavy atom. The Bertz CT molecular complexity index is 665. The summed E-state index contributed by atoms with van der Waals surface area (Å²) in [5, 5.41) is 0. The van der Waals surface area contributed by atoms with Crippen LogP contribution in [0.3, 0.4) is 0 Å². The lowest BCUT2D eigenvalue weighted by molar-refractivity contribution is 0.0428. The molecule has 0 atom stereocenters. The number of pyridine rings is 1. The molecule has 1 aromatic heterocycles. The molecule has 0 saturated carbocycles. The Kier molecular flexibility index (Phi) is 7.93. The van der Waals surface area contributed by atoms with Crippen molar-refractivity contribution < 1.29 is 28.4 Å². The Hall–Kier alpha value is -1.87. The maximum absolute atomic E-state index is 5.71. The van der Waals surface area contributed by atoms with Crippen LogP contribution in [-0.4, -0.2) is 46.7 Å². The topological polar surface area (TPSA) is 68.3 Å². The van der Waals surface area contributed by atoms with Crippen LogP contribution in [0.25, 0.3) is 11.1 Å². The van der Waals surface area contributed by atoms with Crippen LogP contribution in [-0.2, 0) is 14.2 Å². The molecule has 1 aromatic carbocycles. The van der Waals surface area contributed by atoms with E-state index < -0.39 is 0 Å². The predicted molar refractivity (Wildman–Crippen MR) is 94.9 cm³/mol. The van der Waals surface area contributed by atoms with E-state index in [1.54, 1.807) is 20.4 Å². The van der Waals surface area contributed by atoms with Gasteiger partial charge in [-0.3, -0.25) is 0 Å². The summed E-state index contributed by atoms with van der Waals surface area (Å²) in [5.74, 6) is 1.64. The van der Waals surface area contributed by atoms with Crippen LogP contribution in [0, 0.1) is 0 Å². The highest BCUT2D eigenvalue weighted by Crippen LogP contribution is 2.41. The Labute approximate surface area is 154 Å². The van der Waals surface area contributed by atoms with Crippen LogP contribution in [0.2, 0.25) is 0 Å². The summed E-state index contributed by atoms with van der Waals surface area (Å²) >= 11 is 3.47. The lowest BCUT2D eigenvalue weighted by Crippen LogP contribution is -2.05. The lowest BCUT2D eigenvalue weighted by Gasteiger charge is -2.15. The predicted octanol–water partition coefficient (Wildman–Crippen LogP) is 3.46. The van der Waals surface area contributed by atoms with Gasteiger partial charge in [0.05, 0.1) is 0 Å². The van der Waals surface area contributed by atoms with E-state index in [-0.39, 0.29) is 20.4 Å². The summed E-state index contributed by atoms with van der Waals surface area (Å²) in [7, 11) is 4.67. The molecule has 7 nitrogen and oxygen atoms in total. The second-order valence-corrected chi connectivity index (χ2v) is 5.59. The van der Waals surface area contributed by atoms with Crippen molar-refractivity contribution in [1.29, 1.82) is 0 Å². The van der Waals surface area contributed by atoms with Gasteiger partial charge in [0.25, 0.3) is 0 Å². The van der Waals surface area contributed by atoms with Gasteiger partial charge in [-0.1, -0.05) is 12.1 Å². The van der Waals surface area contributed by atoms with Crippen molar-refractivity contribution in [3.05, 3.63) is 34.9 Å². The Morgan fingerprint density at radius 3 is 2.08 bits per heavy atom. The number of halogens is 1. The van der Waals surface area contributed by atoms with E-state index in [0.29, 0.717) is 21.9 Å². The van der Waals surface area contributed by atoms with Crippen molar-refractivity contribution in [3.8, 4) is 28.5 Å². The van der Waals surface area contributed by atoms with Crippen LogP contribution in [0.4, 0.5) is 0 Å². The third-order valence-electron chi connectivity index (χ3n) is 3.09. The molecule has 0 radical (unpaired) electrons. The molecule has 2 aromatic rings. The first-order valence-corrected chi connectivity index (χ1v) is 8.14. The molecular weight excluding hydrogens is 394 g/mol. The van der Waals surface area contributed by atoms with Crippen LogP contribution in [0.5, 0.6) is 17.4 Å². The highest BCUT2D eigenvalue weighted by atomic mass is 79.9. The van der Waals surface area contributed by atoms with Crippen molar-refractivity contribution in [1.82, 2.24) is 4.98 Å². The van der Waals surface area contributed by atoms with Crippen molar-refractivity contribution in [2.24, 2.45) is 0 Å². The summed E-state index contributed by atoms with van der Waals surface area (Å²) in [6, 6.07) is 7.50. The first kappa shape index (κ1) is 19.5. The van der Waals surface area contributed by atoms with Crippen LogP contribution < -0.4 is 14.2 Å². The Balaban J connectivity index is 2.33. The highest BCUT2D eigenvalue weighted by Gasteiger charge is 2.17. The number of aromatic nitrogens is 1. The van der Waals surface area contributed by atoms with Crippen LogP contribution >= 0.6 is 15.9 Å². The number of hydrogen-bond acceptors (Lipinski definition) is 7. The number of nitrogens with zero attached hydrogens (tertiary/aromatic N) is 1. The third-order valence-corrected chi connectivity index (χ3v) is 3.79. The van der Waals surface area contributed by atoms with E-state index in [0.717, 1.165) is 11.1 Å². The molecule has 0 N–H and O–H groups in total. The second kappa shape index (κ2) is 10.2. The van der Waals surface area contributed by atoms with Crippen molar-refractivity contribution in [2.45, 2.75) is 0 Å². The van der Waals surface area contributed by atoms with Gasteiger partial charge in [0.2, 0.25) is 5.88 Å². The fraction of sp³-hybridized carbons (Fsp3) is 0.353. The zero-order chi connectivity index (χ0) is 18.1. The summed E-state index contributed by atoms with van der Waals surface area (Å²) in [4.78, 5) is 4.31. The van der Waals surface area contributed by atoms with Crippen molar-refractivity contribution in [3.63, 3.8) is 0 Å². The minimum Gasteiger partial charge on any atom is -0.468 e. The monoisotopic (exact) mass is 413 g/mol. The fourth-order valence-corrected chi connectivity index (χ4v) is 2.54. The molecule has 136 valence electrons. The standard InChI is InChI=1S/C17H20BrNO6/c1-20-9-23-13-6-4-12(5-7-13)14-8-19-17(25-11-22-3)15(18)16(14)24-10-21-2/h4-8H,9-11H2,1-3H3. The summed E-state index contributed by atoms with van der Waals surface area (Å²) < 4.78 is 31.9. The highest BCUT2D eigenvalue weighted by molar-refractivity contribution is 9.10. The third kappa shape index (κ3) is 5.30. The molecular formula is C17H20BrNO6. The van der Waals surface area contributed by atoms with Gasteiger partial charge < -0.3 is 28.4 Å². The minimum atomic E-state index is 0.0835. The summed E-state index contributed by atoms with van der Waals surface area (Å²) in [6.45, 7) is 0.370. The average Bonchev–Trinajstić information content (AvgIpc) is 2.65. The van der Waals surface area contributed by atoms with E-state index >= 15 is 0 Å². The number of hydrogen-bond donors (Lipinski definition) is 0. The molecule has 0 bridgehead atoms. The van der Waals surface area contributed by atoms with Gasteiger partial charge in [0.15, 0.2) is 26.1 Å². The van der Waals surface area contributed by atoms with Gasteiger partial charge in [0, 0.05) is 33.1 Å². The average molecular weight is 414 g/mol. The molecule has 0 aliphatic rings. The van der Waals surface area contributed by atoms with Gasteiger partial charge in [-0.2, -0.15) is 0 Å². The second-order valence-electron chi connectivity index (χ2n) is 4.80. The van der Waals surface area contributed by atoms with Crippen LogP contribution in [0.15, 0.2) is 34.9 Å². The van der Waals surface area contributed by atoms with E-state index in [1.165, 1.54) is 7.11 Å². The zero-order valence-corrected chi connectivity index (χ0v) is 15.9. The number of ether oxygens (including phenoxy) is 6. The minimum absolute atomic E-state index is 0.0835. The first-order valence-electron chi connectivity index (χ1n) is 7.35. The maximum atomic E-state index is 5.71. The lowest BCUT2D eigenvalue weighted by atomic mass is 10.1. The molecule has 0 aliphatic heterocycles. The molecule has 1 heterocycles. The molecule has 0 unspecified atom stereocenters. The normalized spacial score (nSPS) is 10.6. The van der Waals surface area contributed by atoms with E-state index in [9.17, 15) is 0 Å². The van der Waals surface area contributed by atoms with Gasteiger partial charge in [0.1, 0.15) is 10.2 Å². The number of methoxy groups -OCH3 is 3. The van der Waals surface area contributed by atoms with E-state index in [1.807, 2.05) is 24.3 Å². The molecule has 0 fully saturated rings.